The maximum Gasteiger partial charge on any atom is 0.250 e. The first-order valence-electron chi connectivity index (χ1n) is 5.51. The van der Waals surface area contributed by atoms with E-state index in [9.17, 15) is 0 Å². The molecule has 0 saturated carbocycles. The standard InChI is InChI=1S/C13H11N5/c14-12-7-15-13(16-8-12)18-9-11(6-17-18)10-4-2-1-3-5-10/h1-9H,14H2. The number of hydrogen-bond donors (Lipinski definition) is 1. The minimum atomic E-state index is 0.506. The quantitative estimate of drug-likeness (QED) is 0.739. The van der Waals surface area contributed by atoms with Crippen LogP contribution in [0.3, 0.4) is 0 Å². The van der Waals surface area contributed by atoms with Gasteiger partial charge in [-0.1, -0.05) is 30.3 Å². The largest absolute Gasteiger partial charge is 0.396 e. The molecule has 0 spiro atoms. The smallest absolute Gasteiger partial charge is 0.250 e. The molecule has 2 heterocycles. The summed E-state index contributed by atoms with van der Waals surface area (Å²) >= 11 is 0. The fraction of sp³-hybridized carbons (Fsp3) is 0. The van der Waals surface area contributed by atoms with Gasteiger partial charge in [0.1, 0.15) is 0 Å². The molecule has 0 aliphatic rings. The molecule has 3 rings (SSSR count). The van der Waals surface area contributed by atoms with Crippen LogP contribution < -0.4 is 5.73 Å². The van der Waals surface area contributed by atoms with E-state index in [1.807, 2.05) is 36.5 Å². The molecule has 0 aliphatic carbocycles. The van der Waals surface area contributed by atoms with Gasteiger partial charge >= 0.3 is 0 Å². The number of anilines is 1. The Kier molecular flexibility index (Phi) is 2.49. The number of nitrogens with zero attached hydrogens (tertiary/aromatic N) is 4. The molecule has 0 unspecified atom stereocenters. The van der Waals surface area contributed by atoms with Crippen molar-refractivity contribution in [1.82, 2.24) is 19.7 Å². The number of rotatable bonds is 2. The van der Waals surface area contributed by atoms with Gasteiger partial charge in [-0.15, -0.1) is 0 Å². The maximum atomic E-state index is 5.55. The highest BCUT2D eigenvalue weighted by Crippen LogP contribution is 2.18. The van der Waals surface area contributed by atoms with Crippen molar-refractivity contribution in [1.29, 1.82) is 0 Å². The first-order chi connectivity index (χ1) is 8.83. The molecule has 5 nitrogen and oxygen atoms in total. The topological polar surface area (TPSA) is 69.6 Å². The van der Waals surface area contributed by atoms with Crippen LogP contribution in [-0.4, -0.2) is 19.7 Å². The minimum absolute atomic E-state index is 0.506. The third-order valence-electron chi connectivity index (χ3n) is 2.55. The number of hydrogen-bond acceptors (Lipinski definition) is 4. The van der Waals surface area contributed by atoms with Gasteiger partial charge in [-0.2, -0.15) is 5.10 Å². The van der Waals surface area contributed by atoms with E-state index in [-0.39, 0.29) is 0 Å². The Morgan fingerprint density at radius 3 is 2.33 bits per heavy atom. The van der Waals surface area contributed by atoms with Crippen molar-refractivity contribution in [3.05, 3.63) is 55.1 Å². The molecular weight excluding hydrogens is 226 g/mol. The Labute approximate surface area is 104 Å². The molecule has 2 aromatic heterocycles. The second-order valence-electron chi connectivity index (χ2n) is 3.86. The molecule has 0 saturated heterocycles. The van der Waals surface area contributed by atoms with Crippen LogP contribution in [0.25, 0.3) is 17.1 Å². The van der Waals surface area contributed by atoms with E-state index in [4.69, 9.17) is 5.73 Å². The zero-order valence-electron chi connectivity index (χ0n) is 9.56. The molecule has 0 atom stereocenters. The number of nitrogen functional groups attached to an aromatic ring is 1. The molecule has 88 valence electrons. The van der Waals surface area contributed by atoms with Crippen molar-refractivity contribution >= 4 is 5.69 Å². The second-order valence-corrected chi connectivity index (χ2v) is 3.86. The van der Waals surface area contributed by atoms with Crippen LogP contribution in [0.15, 0.2) is 55.1 Å². The normalized spacial score (nSPS) is 10.4. The molecule has 5 heteroatoms. The van der Waals surface area contributed by atoms with Crippen LogP contribution in [0.1, 0.15) is 0 Å². The van der Waals surface area contributed by atoms with Gasteiger partial charge in [-0.25, -0.2) is 14.6 Å². The Hall–Kier alpha value is -2.69. The van der Waals surface area contributed by atoms with Gasteiger partial charge in [-0.3, -0.25) is 0 Å². The summed E-state index contributed by atoms with van der Waals surface area (Å²) in [7, 11) is 0. The first-order valence-corrected chi connectivity index (χ1v) is 5.51. The lowest BCUT2D eigenvalue weighted by Crippen LogP contribution is -2.01. The summed E-state index contributed by atoms with van der Waals surface area (Å²) in [6, 6.07) is 10.0. The van der Waals surface area contributed by atoms with Crippen LogP contribution in [-0.2, 0) is 0 Å². The van der Waals surface area contributed by atoms with Crippen molar-refractivity contribution in [2.45, 2.75) is 0 Å². The van der Waals surface area contributed by atoms with Crippen LogP contribution in [0.4, 0.5) is 5.69 Å². The van der Waals surface area contributed by atoms with E-state index in [0.717, 1.165) is 11.1 Å². The van der Waals surface area contributed by atoms with Gasteiger partial charge in [0, 0.05) is 11.8 Å². The molecule has 0 radical (unpaired) electrons. The third kappa shape index (κ3) is 1.93. The number of benzene rings is 1. The van der Waals surface area contributed by atoms with E-state index in [1.54, 1.807) is 23.3 Å². The summed E-state index contributed by atoms with van der Waals surface area (Å²) < 4.78 is 1.63. The lowest BCUT2D eigenvalue weighted by Gasteiger charge is -1.98. The van der Waals surface area contributed by atoms with Crippen LogP contribution in [0.2, 0.25) is 0 Å². The Balaban J connectivity index is 1.97. The fourth-order valence-corrected chi connectivity index (χ4v) is 1.66. The summed E-state index contributed by atoms with van der Waals surface area (Å²) in [5, 5.41) is 4.24. The van der Waals surface area contributed by atoms with E-state index < -0.39 is 0 Å². The molecule has 1 aromatic carbocycles. The van der Waals surface area contributed by atoms with Crippen molar-refractivity contribution in [2.75, 3.05) is 5.73 Å². The lowest BCUT2D eigenvalue weighted by molar-refractivity contribution is 0.809. The highest BCUT2D eigenvalue weighted by atomic mass is 15.3. The second kappa shape index (κ2) is 4.29. The van der Waals surface area contributed by atoms with E-state index in [2.05, 4.69) is 15.1 Å². The minimum Gasteiger partial charge on any atom is -0.396 e. The van der Waals surface area contributed by atoms with Gasteiger partial charge in [0.2, 0.25) is 0 Å². The highest BCUT2D eigenvalue weighted by Gasteiger charge is 2.04. The summed E-state index contributed by atoms with van der Waals surface area (Å²) in [4.78, 5) is 8.24. The summed E-state index contributed by atoms with van der Waals surface area (Å²) in [5.74, 6) is 0.506. The molecule has 0 bridgehead atoms. The van der Waals surface area contributed by atoms with Crippen LogP contribution in [0.5, 0.6) is 0 Å². The molecular formula is C13H11N5. The van der Waals surface area contributed by atoms with Gasteiger partial charge in [0.15, 0.2) is 0 Å². The van der Waals surface area contributed by atoms with Gasteiger partial charge in [0.05, 0.1) is 24.3 Å². The first kappa shape index (κ1) is 10.5. The van der Waals surface area contributed by atoms with Gasteiger partial charge in [-0.05, 0) is 5.56 Å². The molecule has 3 aromatic rings. The molecule has 0 amide bonds. The Bertz CT molecular complexity index is 643. The van der Waals surface area contributed by atoms with Crippen molar-refractivity contribution in [2.24, 2.45) is 0 Å². The summed E-state index contributed by atoms with van der Waals surface area (Å²) in [5.41, 5.74) is 8.22. The van der Waals surface area contributed by atoms with Gasteiger partial charge < -0.3 is 5.73 Å². The van der Waals surface area contributed by atoms with Crippen molar-refractivity contribution in [3.63, 3.8) is 0 Å². The maximum absolute atomic E-state index is 5.55. The molecule has 0 aliphatic heterocycles. The van der Waals surface area contributed by atoms with E-state index in [0.29, 0.717) is 11.6 Å². The van der Waals surface area contributed by atoms with Gasteiger partial charge in [0.25, 0.3) is 5.95 Å². The Morgan fingerprint density at radius 1 is 0.889 bits per heavy atom. The van der Waals surface area contributed by atoms with Crippen molar-refractivity contribution in [3.8, 4) is 17.1 Å². The third-order valence-corrected chi connectivity index (χ3v) is 2.55. The molecule has 18 heavy (non-hydrogen) atoms. The fourth-order valence-electron chi connectivity index (χ4n) is 1.66. The number of aromatic nitrogens is 4. The Morgan fingerprint density at radius 2 is 1.61 bits per heavy atom. The zero-order chi connectivity index (χ0) is 12.4. The average molecular weight is 237 g/mol. The van der Waals surface area contributed by atoms with Crippen LogP contribution in [0, 0.1) is 0 Å². The highest BCUT2D eigenvalue weighted by molar-refractivity contribution is 5.61. The average Bonchev–Trinajstić information content (AvgIpc) is 2.90. The van der Waals surface area contributed by atoms with Crippen LogP contribution >= 0.6 is 0 Å². The zero-order valence-corrected chi connectivity index (χ0v) is 9.56. The molecule has 2 N–H and O–H groups in total. The SMILES string of the molecule is Nc1cnc(-n2cc(-c3ccccc3)cn2)nc1. The monoisotopic (exact) mass is 237 g/mol. The van der Waals surface area contributed by atoms with Crippen molar-refractivity contribution < 1.29 is 0 Å². The van der Waals surface area contributed by atoms with E-state index in [1.165, 1.54) is 0 Å². The lowest BCUT2D eigenvalue weighted by atomic mass is 10.1. The number of nitrogens with two attached hydrogens (primary N) is 1. The predicted octanol–water partition coefficient (Wildman–Crippen LogP) is 1.91. The summed E-state index contributed by atoms with van der Waals surface area (Å²) in [6.45, 7) is 0. The predicted molar refractivity (Wildman–Crippen MR) is 69.0 cm³/mol. The summed E-state index contributed by atoms with van der Waals surface area (Å²) in [6.07, 6.45) is 6.80. The molecule has 0 fully saturated rings. The van der Waals surface area contributed by atoms with E-state index >= 15 is 0 Å².